The molecule has 0 radical (unpaired) electrons. The van der Waals surface area contributed by atoms with Gasteiger partial charge >= 0.3 is 5.97 Å². The lowest BCUT2D eigenvalue weighted by atomic mass is 9.98. The Hall–Kier alpha value is -5.06. The topological polar surface area (TPSA) is 139 Å². The molecule has 0 saturated carbocycles. The van der Waals surface area contributed by atoms with E-state index in [9.17, 15) is 14.7 Å². The average Bonchev–Trinajstić information content (AvgIpc) is 3.78. The molecular weight excluding hydrogens is 651 g/mol. The Labute approximate surface area is 306 Å². The number of carboxylic acids is 1. The smallest absolute Gasteiger partial charge is 0.303 e. The molecule has 2 aliphatic rings. The molecule has 3 aromatic heterocycles. The van der Waals surface area contributed by atoms with Gasteiger partial charge in [-0.15, -0.1) is 0 Å². The molecule has 0 saturated heterocycles. The quantitative estimate of drug-likeness (QED) is 0.0961. The van der Waals surface area contributed by atoms with Crippen LogP contribution in [0.4, 0.5) is 0 Å². The number of allylic oxidation sites excluding steroid dienone is 4. The second kappa shape index (κ2) is 17.0. The highest BCUT2D eigenvalue weighted by molar-refractivity contribution is 5.97. The Morgan fingerprint density at radius 3 is 1.79 bits per heavy atom. The second-order valence-electron chi connectivity index (χ2n) is 13.5. The van der Waals surface area contributed by atoms with Crippen LogP contribution in [0.15, 0.2) is 37.4 Å². The molecule has 0 spiro atoms. The van der Waals surface area contributed by atoms with E-state index < -0.39 is 5.97 Å². The number of carbonyl (C=O) groups is 2. The number of likely N-dealkylation sites (N-methyl/N-ethyl adjacent to an activating group) is 1. The van der Waals surface area contributed by atoms with Crippen molar-refractivity contribution < 1.29 is 14.7 Å². The maximum Gasteiger partial charge on any atom is 0.303 e. The summed E-state index contributed by atoms with van der Waals surface area (Å²) in [6.45, 7) is 25.9. The number of H-pyrrole nitrogens is 2. The number of hydrogen-bond acceptors (Lipinski definition) is 6. The molecule has 0 fully saturated rings. The van der Waals surface area contributed by atoms with Crippen LogP contribution in [0.25, 0.3) is 56.5 Å². The Balaban J connectivity index is 1.58. The summed E-state index contributed by atoms with van der Waals surface area (Å²) in [7, 11) is 0. The third-order valence-corrected chi connectivity index (χ3v) is 10.4. The zero-order valence-corrected chi connectivity index (χ0v) is 31.6. The van der Waals surface area contributed by atoms with Crippen molar-refractivity contribution in [2.75, 3.05) is 39.3 Å². The third kappa shape index (κ3) is 8.35. The Bertz CT molecular complexity index is 2110. The van der Waals surface area contributed by atoms with Crippen LogP contribution in [0.2, 0.25) is 0 Å². The van der Waals surface area contributed by atoms with Gasteiger partial charge in [0.1, 0.15) is 0 Å². The lowest BCUT2D eigenvalue weighted by molar-refractivity contribution is -0.136. The number of carboxylic acid groups (broad SMARTS) is 1. The van der Waals surface area contributed by atoms with Crippen LogP contribution in [-0.4, -0.2) is 81.1 Å². The van der Waals surface area contributed by atoms with Crippen molar-refractivity contribution in [1.82, 2.24) is 35.5 Å². The molecule has 0 atom stereocenters. The first-order chi connectivity index (χ1) is 25.0. The monoisotopic (exact) mass is 703 g/mol. The number of carbonyl (C=O) groups excluding carboxylic acids is 1. The van der Waals surface area contributed by atoms with Gasteiger partial charge in [0.25, 0.3) is 0 Å². The number of aromatic nitrogens is 4. The summed E-state index contributed by atoms with van der Waals surface area (Å²) in [5.41, 5.74) is 14.5. The molecule has 5 heterocycles. The fraction of sp³-hybridized carbons (Fsp3) is 0.381. The van der Waals surface area contributed by atoms with E-state index in [0.29, 0.717) is 38.0 Å². The minimum absolute atomic E-state index is 0.0169. The number of amides is 1. The molecule has 52 heavy (non-hydrogen) atoms. The Kier molecular flexibility index (Phi) is 12.5. The van der Waals surface area contributed by atoms with E-state index in [-0.39, 0.29) is 12.3 Å². The summed E-state index contributed by atoms with van der Waals surface area (Å²) >= 11 is 0. The Morgan fingerprint density at radius 2 is 1.25 bits per heavy atom. The van der Waals surface area contributed by atoms with Crippen LogP contribution >= 0.6 is 0 Å². The largest absolute Gasteiger partial charge is 0.481 e. The molecule has 1 amide bonds. The maximum atomic E-state index is 13.0. The van der Waals surface area contributed by atoms with Gasteiger partial charge < -0.3 is 30.6 Å². The molecule has 5 rings (SSSR count). The molecule has 0 aliphatic carbocycles. The van der Waals surface area contributed by atoms with Crippen molar-refractivity contribution >= 4 is 68.4 Å². The van der Waals surface area contributed by atoms with Crippen molar-refractivity contribution in [2.24, 2.45) is 0 Å². The van der Waals surface area contributed by atoms with E-state index in [1.165, 1.54) is 0 Å². The minimum atomic E-state index is -0.867. The summed E-state index contributed by atoms with van der Waals surface area (Å²) in [6, 6.07) is 8.12. The fourth-order valence-electron chi connectivity index (χ4n) is 7.05. The number of nitrogens with zero attached hydrogens (tertiary/aromatic N) is 3. The molecule has 3 aromatic rings. The highest BCUT2D eigenvalue weighted by Gasteiger charge is 2.23. The van der Waals surface area contributed by atoms with E-state index in [2.05, 4.69) is 78.5 Å². The Morgan fingerprint density at radius 1 is 0.731 bits per heavy atom. The number of aliphatic carboxylic acids is 1. The number of aryl methyl sites for hydroxylation is 2. The van der Waals surface area contributed by atoms with E-state index in [1.807, 2.05) is 38.1 Å². The predicted molar refractivity (Wildman–Crippen MR) is 215 cm³/mol. The zero-order chi connectivity index (χ0) is 37.5. The molecule has 274 valence electrons. The molecule has 5 N–H and O–H groups in total. The van der Waals surface area contributed by atoms with Gasteiger partial charge in [0, 0.05) is 72.2 Å². The fourth-order valence-corrected chi connectivity index (χ4v) is 7.05. The standard InChI is InChI=1S/C42H53N7O3/c1-9-29-25(5)33-21-34-27(7)31(13-15-41(50)44-18-17-43-19-20-49(11-3)12-4)39(47-34)24-40-32(14-16-42(51)52)28(8)36(48-40)23-38-30(10-2)26(6)35(46-38)22-37(29)45-33/h9-10,21-24,43,45-46H,1-2,11-20H2,3-8H3,(H,44,50)(H,51,52). The van der Waals surface area contributed by atoms with Crippen LogP contribution in [0.3, 0.4) is 0 Å². The normalized spacial score (nSPS) is 12.9. The molecule has 8 bridgehead atoms. The molecule has 0 unspecified atom stereocenters. The van der Waals surface area contributed by atoms with Crippen molar-refractivity contribution in [2.45, 2.75) is 67.2 Å². The number of rotatable bonds is 16. The lowest BCUT2D eigenvalue weighted by Crippen LogP contribution is -2.36. The first-order valence-electron chi connectivity index (χ1n) is 18.3. The summed E-state index contributed by atoms with van der Waals surface area (Å²) in [5.74, 6) is -0.884. The highest BCUT2D eigenvalue weighted by Crippen LogP contribution is 2.38. The van der Waals surface area contributed by atoms with Gasteiger partial charge in [0.15, 0.2) is 0 Å². The number of nitrogens with one attached hydrogen (secondary N) is 4. The third-order valence-electron chi connectivity index (χ3n) is 10.4. The minimum Gasteiger partial charge on any atom is -0.481 e. The molecule has 0 aromatic carbocycles. The zero-order valence-electron chi connectivity index (χ0n) is 31.6. The van der Waals surface area contributed by atoms with Crippen molar-refractivity contribution in [3.05, 3.63) is 82.5 Å². The van der Waals surface area contributed by atoms with Gasteiger partial charge in [-0.05, 0) is 111 Å². The van der Waals surface area contributed by atoms with Crippen molar-refractivity contribution in [3.8, 4) is 0 Å². The molecule has 2 aliphatic heterocycles. The molecule has 10 nitrogen and oxygen atoms in total. The first kappa shape index (κ1) is 38.2. The van der Waals surface area contributed by atoms with Gasteiger partial charge in [-0.25, -0.2) is 9.97 Å². The van der Waals surface area contributed by atoms with Gasteiger partial charge in [-0.2, -0.15) is 0 Å². The van der Waals surface area contributed by atoms with Crippen LogP contribution in [0, 0.1) is 13.8 Å². The van der Waals surface area contributed by atoms with Gasteiger partial charge in [-0.1, -0.05) is 39.2 Å². The number of hydrogen-bond donors (Lipinski definition) is 5. The SMILES string of the molecule is C=Cc1c(C)c2cc3[nH]c(cc4nc(cc5nc(cc1[nH]2)C(C)=C5CCC(=O)O)C(CCC(=O)NCCNCCN(CC)CC)=C4C)c(C)c3C=C. The number of aromatic amines is 2. The van der Waals surface area contributed by atoms with E-state index in [1.54, 1.807) is 0 Å². The molecule has 10 heteroatoms. The second-order valence-corrected chi connectivity index (χ2v) is 13.5. The lowest BCUT2D eigenvalue weighted by Gasteiger charge is -2.18. The van der Waals surface area contributed by atoms with Gasteiger partial charge in [-0.3, -0.25) is 9.59 Å². The van der Waals surface area contributed by atoms with Gasteiger partial charge in [0.05, 0.1) is 22.8 Å². The van der Waals surface area contributed by atoms with E-state index >= 15 is 0 Å². The van der Waals surface area contributed by atoms with Crippen molar-refractivity contribution in [1.29, 1.82) is 0 Å². The maximum absolute atomic E-state index is 13.0. The van der Waals surface area contributed by atoms with E-state index in [4.69, 9.17) is 9.97 Å². The number of fused-ring (bicyclic) bond motifs is 8. The van der Waals surface area contributed by atoms with Crippen LogP contribution in [0.1, 0.15) is 98.4 Å². The average molecular weight is 704 g/mol. The summed E-state index contributed by atoms with van der Waals surface area (Å²) in [6.07, 6.45) is 4.84. The summed E-state index contributed by atoms with van der Waals surface area (Å²) in [5, 5.41) is 16.1. The highest BCUT2D eigenvalue weighted by atomic mass is 16.4. The summed E-state index contributed by atoms with van der Waals surface area (Å²) < 4.78 is 0. The van der Waals surface area contributed by atoms with Crippen LogP contribution in [-0.2, 0) is 9.59 Å². The first-order valence-corrected chi connectivity index (χ1v) is 18.3. The summed E-state index contributed by atoms with van der Waals surface area (Å²) in [4.78, 5) is 44.5. The van der Waals surface area contributed by atoms with Crippen LogP contribution in [0.5, 0.6) is 0 Å². The predicted octanol–water partition coefficient (Wildman–Crippen LogP) is 7.77. The molecular formula is C42H53N7O3. The van der Waals surface area contributed by atoms with Crippen LogP contribution < -0.4 is 10.6 Å². The van der Waals surface area contributed by atoms with E-state index in [0.717, 1.165) is 110 Å². The van der Waals surface area contributed by atoms with Gasteiger partial charge in [0.2, 0.25) is 5.91 Å². The van der Waals surface area contributed by atoms with Crippen molar-refractivity contribution in [3.63, 3.8) is 0 Å².